The van der Waals surface area contributed by atoms with Gasteiger partial charge in [0.25, 0.3) is 0 Å². The van der Waals surface area contributed by atoms with Crippen LogP contribution in [0.15, 0.2) is 72.9 Å². The van der Waals surface area contributed by atoms with Crippen LogP contribution in [0.1, 0.15) is 66.2 Å². The first-order valence-electron chi connectivity index (χ1n) is 8.64. The minimum atomic E-state index is 0. The van der Waals surface area contributed by atoms with Gasteiger partial charge in [0.2, 0.25) is 0 Å². The van der Waals surface area contributed by atoms with E-state index < -0.39 is 0 Å². The Morgan fingerprint density at radius 2 is 0.957 bits per heavy atom. The van der Waals surface area contributed by atoms with Gasteiger partial charge in [-0.3, -0.25) is 0 Å². The number of allylic oxidation sites excluding steroid dienone is 10. The summed E-state index contributed by atoms with van der Waals surface area (Å²) in [5.41, 5.74) is 2.39. The Kier molecular flexibility index (Phi) is 27.7. The van der Waals surface area contributed by atoms with Crippen molar-refractivity contribution >= 4 is 23.9 Å². The molecule has 0 aromatic rings. The fraction of sp³-hybridized carbons (Fsp3) is 0.455. The Morgan fingerprint density at radius 1 is 0.652 bits per heavy atom. The normalized spacial score (nSPS) is 13.6. The quantitative estimate of drug-likeness (QED) is 0.411. The largest absolute Gasteiger partial charge is 0.0955 e. The predicted octanol–water partition coefficient (Wildman–Crippen LogP) is 7.35. The van der Waals surface area contributed by atoms with Crippen LogP contribution in [0.4, 0.5) is 0 Å². The smallest absolute Gasteiger partial charge is 0 e. The van der Waals surface area contributed by atoms with Crippen molar-refractivity contribution in [2.24, 2.45) is 0 Å². The van der Waals surface area contributed by atoms with Gasteiger partial charge in [0.1, 0.15) is 0 Å². The van der Waals surface area contributed by atoms with Crippen molar-refractivity contribution in [2.75, 3.05) is 0 Å². The van der Waals surface area contributed by atoms with E-state index in [1.54, 1.807) is 0 Å². The van der Waals surface area contributed by atoms with E-state index in [0.29, 0.717) is 0 Å². The summed E-state index contributed by atoms with van der Waals surface area (Å²) in [7, 11) is 0. The molecule has 0 saturated heterocycles. The van der Waals surface area contributed by atoms with E-state index >= 15 is 0 Å². The topological polar surface area (TPSA) is 0 Å². The molecule has 23 heavy (non-hydrogen) atoms. The molecule has 0 nitrogen and oxygen atoms in total. The molecule has 0 bridgehead atoms. The molecule has 0 heterocycles. The van der Waals surface area contributed by atoms with Crippen LogP contribution < -0.4 is 0 Å². The maximum absolute atomic E-state index is 3.78. The van der Waals surface area contributed by atoms with Crippen LogP contribution in [0.2, 0.25) is 0 Å². The number of hydrogen-bond donors (Lipinski definition) is 0. The SMILES string of the molecule is C=C1C=CC=CC1.C=C1C=CC=CC1.CCCC.CCCC.[Sn]. The summed E-state index contributed by atoms with van der Waals surface area (Å²) < 4.78 is 0. The molecule has 0 fully saturated rings. The summed E-state index contributed by atoms with van der Waals surface area (Å²) in [6.07, 6.45) is 23.7. The standard InChI is InChI=1S/2C7H8.2C4H10.Sn/c2*1-7-5-3-2-4-6-7;2*1-3-4-2;/h2*2-5H,1,6H2;2*3-4H2,1-2H3;. The third kappa shape index (κ3) is 26.5. The first kappa shape index (κ1) is 27.1. The molecule has 0 amide bonds. The first-order chi connectivity index (χ1) is 10.6. The van der Waals surface area contributed by atoms with Gasteiger partial charge in [-0.05, 0) is 12.8 Å². The molecule has 0 spiro atoms. The number of unbranched alkanes of at least 4 members (excludes halogenated alkanes) is 2. The van der Waals surface area contributed by atoms with Crippen molar-refractivity contribution in [3.05, 3.63) is 72.9 Å². The maximum atomic E-state index is 3.78. The average Bonchev–Trinajstić information content (AvgIpc) is 2.57. The molecular formula is C22H36Sn. The Balaban J connectivity index is -0.000000238. The summed E-state index contributed by atoms with van der Waals surface area (Å²) in [6, 6.07) is 0. The fourth-order valence-corrected chi connectivity index (χ4v) is 1.12. The van der Waals surface area contributed by atoms with Crippen molar-refractivity contribution in [2.45, 2.75) is 66.2 Å². The first-order valence-corrected chi connectivity index (χ1v) is 8.64. The summed E-state index contributed by atoms with van der Waals surface area (Å²) in [5.74, 6) is 0. The van der Waals surface area contributed by atoms with Gasteiger partial charge in [0, 0.05) is 23.9 Å². The fourth-order valence-electron chi connectivity index (χ4n) is 1.12. The Morgan fingerprint density at radius 3 is 1.04 bits per heavy atom. The maximum Gasteiger partial charge on any atom is 0 e. The average molecular weight is 419 g/mol. The Labute approximate surface area is 162 Å². The third-order valence-electron chi connectivity index (χ3n) is 2.92. The van der Waals surface area contributed by atoms with Gasteiger partial charge < -0.3 is 0 Å². The van der Waals surface area contributed by atoms with Crippen LogP contribution in [-0.2, 0) is 0 Å². The molecule has 128 valence electrons. The van der Waals surface area contributed by atoms with Gasteiger partial charge >= 0.3 is 0 Å². The second-order valence-corrected chi connectivity index (χ2v) is 5.30. The van der Waals surface area contributed by atoms with E-state index in [1.807, 2.05) is 36.5 Å². The molecule has 2 aliphatic carbocycles. The van der Waals surface area contributed by atoms with E-state index in [1.165, 1.54) is 36.8 Å². The second-order valence-electron chi connectivity index (χ2n) is 5.30. The Bertz CT molecular complexity index is 339. The molecule has 0 saturated carbocycles. The second kappa shape index (κ2) is 23.5. The van der Waals surface area contributed by atoms with E-state index in [4.69, 9.17) is 0 Å². The van der Waals surface area contributed by atoms with Gasteiger partial charge in [-0.2, -0.15) is 0 Å². The molecule has 0 aromatic heterocycles. The summed E-state index contributed by atoms with van der Waals surface area (Å²) in [6.45, 7) is 16.3. The molecule has 4 radical (unpaired) electrons. The summed E-state index contributed by atoms with van der Waals surface area (Å²) in [4.78, 5) is 0. The monoisotopic (exact) mass is 420 g/mol. The number of rotatable bonds is 2. The minimum Gasteiger partial charge on any atom is -0.0955 e. The van der Waals surface area contributed by atoms with Gasteiger partial charge in [0.15, 0.2) is 0 Å². The Hall–Kier alpha value is -0.761. The van der Waals surface area contributed by atoms with E-state index in [-0.39, 0.29) is 23.9 Å². The molecule has 0 atom stereocenters. The van der Waals surface area contributed by atoms with Crippen molar-refractivity contribution in [1.82, 2.24) is 0 Å². The molecule has 2 rings (SSSR count). The van der Waals surface area contributed by atoms with Gasteiger partial charge in [-0.1, -0.05) is 126 Å². The molecular weight excluding hydrogens is 383 g/mol. The van der Waals surface area contributed by atoms with E-state index in [2.05, 4.69) is 53.0 Å². The van der Waals surface area contributed by atoms with Crippen LogP contribution in [0.3, 0.4) is 0 Å². The van der Waals surface area contributed by atoms with Crippen LogP contribution in [0.5, 0.6) is 0 Å². The van der Waals surface area contributed by atoms with Crippen molar-refractivity contribution in [1.29, 1.82) is 0 Å². The van der Waals surface area contributed by atoms with Crippen LogP contribution in [-0.4, -0.2) is 23.9 Å². The summed E-state index contributed by atoms with van der Waals surface area (Å²) in [5, 5.41) is 0. The molecule has 1 heteroatoms. The van der Waals surface area contributed by atoms with Gasteiger partial charge in [0.05, 0.1) is 0 Å². The van der Waals surface area contributed by atoms with Gasteiger partial charge in [-0.25, -0.2) is 0 Å². The van der Waals surface area contributed by atoms with Crippen LogP contribution in [0, 0.1) is 0 Å². The molecule has 0 aromatic carbocycles. The number of hydrogen-bond acceptors (Lipinski definition) is 0. The minimum absolute atomic E-state index is 0. The zero-order valence-electron chi connectivity index (χ0n) is 15.8. The molecule has 2 aliphatic rings. The zero-order chi connectivity index (χ0) is 17.1. The van der Waals surface area contributed by atoms with Crippen LogP contribution >= 0.6 is 0 Å². The zero-order valence-corrected chi connectivity index (χ0v) is 18.6. The van der Waals surface area contributed by atoms with Crippen molar-refractivity contribution < 1.29 is 0 Å². The van der Waals surface area contributed by atoms with E-state index in [0.717, 1.165) is 12.8 Å². The molecule has 0 unspecified atom stereocenters. The third-order valence-corrected chi connectivity index (χ3v) is 2.92. The van der Waals surface area contributed by atoms with E-state index in [9.17, 15) is 0 Å². The molecule has 0 N–H and O–H groups in total. The molecule has 0 aliphatic heterocycles. The van der Waals surface area contributed by atoms with Crippen molar-refractivity contribution in [3.63, 3.8) is 0 Å². The van der Waals surface area contributed by atoms with Gasteiger partial charge in [-0.15, -0.1) is 0 Å². The van der Waals surface area contributed by atoms with Crippen molar-refractivity contribution in [3.8, 4) is 0 Å². The van der Waals surface area contributed by atoms with Crippen LogP contribution in [0.25, 0.3) is 0 Å². The summed E-state index contributed by atoms with van der Waals surface area (Å²) >= 11 is 0. The predicted molar refractivity (Wildman–Crippen MR) is 111 cm³/mol.